The Morgan fingerprint density at radius 3 is 2.65 bits per heavy atom. The maximum atomic E-state index is 10.2. The largest absolute Gasteiger partial charge is 0.508 e. The number of fused-ring (bicyclic) bond motifs is 1. The quantitative estimate of drug-likeness (QED) is 0.709. The average Bonchev–Trinajstić information content (AvgIpc) is 2.61. The summed E-state index contributed by atoms with van der Waals surface area (Å²) in [4.78, 5) is 1.98. The first-order chi connectivity index (χ1) is 12.5. The first-order valence-corrected chi connectivity index (χ1v) is 8.47. The van der Waals surface area contributed by atoms with Gasteiger partial charge in [-0.15, -0.1) is 10.2 Å². The minimum absolute atomic E-state index is 0.0734. The van der Waals surface area contributed by atoms with E-state index in [4.69, 9.17) is 16.3 Å². The van der Waals surface area contributed by atoms with Gasteiger partial charge in [-0.2, -0.15) is 0 Å². The van der Waals surface area contributed by atoms with Crippen LogP contribution in [0.2, 0.25) is 5.02 Å². The Kier molecular flexibility index (Phi) is 4.05. The van der Waals surface area contributed by atoms with Crippen molar-refractivity contribution in [3.05, 3.63) is 53.1 Å². The van der Waals surface area contributed by atoms with Crippen LogP contribution in [-0.4, -0.2) is 33.6 Å². The molecule has 3 aromatic rings. The summed E-state index contributed by atoms with van der Waals surface area (Å²) in [5, 5.41) is 28.9. The van der Waals surface area contributed by atoms with Gasteiger partial charge in [-0.3, -0.25) is 0 Å². The Hall–Kier alpha value is -2.99. The van der Waals surface area contributed by atoms with Gasteiger partial charge in [0.1, 0.15) is 23.9 Å². The smallest absolute Gasteiger partial charge is 0.155 e. The standard InChI is InChI=1S/C19H16ClN3O3/c1-11-8-12(20)9-16(25)19(11)14-3-5-18(22-21-14)23-6-7-26-17-10-13(24)2-4-15(17)23/h2-5,8-10,24-25H,6-7H2,1H3. The third kappa shape index (κ3) is 2.88. The molecule has 132 valence electrons. The maximum absolute atomic E-state index is 10.2. The summed E-state index contributed by atoms with van der Waals surface area (Å²) in [5.74, 6) is 1.49. The minimum Gasteiger partial charge on any atom is -0.508 e. The van der Waals surface area contributed by atoms with Gasteiger partial charge in [0.15, 0.2) is 5.82 Å². The number of aromatic nitrogens is 2. The number of hydrogen-bond acceptors (Lipinski definition) is 6. The number of benzene rings is 2. The number of hydrogen-bond donors (Lipinski definition) is 2. The minimum atomic E-state index is 0.0734. The van der Waals surface area contributed by atoms with Crippen molar-refractivity contribution >= 4 is 23.1 Å². The van der Waals surface area contributed by atoms with Crippen LogP contribution in [0.1, 0.15) is 5.56 Å². The van der Waals surface area contributed by atoms with E-state index in [1.165, 1.54) is 6.07 Å². The highest BCUT2D eigenvalue weighted by atomic mass is 35.5. The molecule has 0 fully saturated rings. The van der Waals surface area contributed by atoms with Crippen LogP contribution < -0.4 is 9.64 Å². The SMILES string of the molecule is Cc1cc(Cl)cc(O)c1-c1ccc(N2CCOc3cc(O)ccc32)nn1. The van der Waals surface area contributed by atoms with Crippen LogP contribution in [0.4, 0.5) is 11.5 Å². The Bertz CT molecular complexity index is 953. The first-order valence-electron chi connectivity index (χ1n) is 8.09. The van der Waals surface area contributed by atoms with Crippen LogP contribution in [0.5, 0.6) is 17.2 Å². The summed E-state index contributed by atoms with van der Waals surface area (Å²) in [5.41, 5.74) is 2.83. The summed E-state index contributed by atoms with van der Waals surface area (Å²) in [6.45, 7) is 2.97. The van der Waals surface area contributed by atoms with E-state index in [0.717, 1.165) is 11.3 Å². The van der Waals surface area contributed by atoms with E-state index in [1.54, 1.807) is 24.3 Å². The molecule has 2 heterocycles. The molecule has 0 unspecified atom stereocenters. The molecule has 6 nitrogen and oxygen atoms in total. The zero-order valence-corrected chi connectivity index (χ0v) is 14.7. The second-order valence-corrected chi connectivity index (χ2v) is 6.48. The second kappa shape index (κ2) is 6.38. The molecule has 0 saturated carbocycles. The molecule has 0 amide bonds. The highest BCUT2D eigenvalue weighted by Crippen LogP contribution is 2.39. The molecule has 2 aromatic carbocycles. The van der Waals surface area contributed by atoms with Crippen molar-refractivity contribution in [3.63, 3.8) is 0 Å². The number of rotatable bonds is 2. The van der Waals surface area contributed by atoms with Crippen molar-refractivity contribution in [1.82, 2.24) is 10.2 Å². The Labute approximate surface area is 155 Å². The van der Waals surface area contributed by atoms with Gasteiger partial charge in [-0.25, -0.2) is 0 Å². The van der Waals surface area contributed by atoms with E-state index in [1.807, 2.05) is 24.0 Å². The normalized spacial score (nSPS) is 13.2. The van der Waals surface area contributed by atoms with E-state index in [9.17, 15) is 10.2 Å². The Morgan fingerprint density at radius 2 is 1.92 bits per heavy atom. The summed E-state index contributed by atoms with van der Waals surface area (Å²) >= 11 is 5.96. The monoisotopic (exact) mass is 369 g/mol. The van der Waals surface area contributed by atoms with Gasteiger partial charge in [0, 0.05) is 16.7 Å². The van der Waals surface area contributed by atoms with Gasteiger partial charge < -0.3 is 19.8 Å². The molecule has 0 saturated heterocycles. The fourth-order valence-corrected chi connectivity index (χ4v) is 3.37. The van der Waals surface area contributed by atoms with Crippen molar-refractivity contribution in [2.24, 2.45) is 0 Å². The fourth-order valence-electron chi connectivity index (χ4n) is 3.11. The third-order valence-electron chi connectivity index (χ3n) is 4.27. The summed E-state index contributed by atoms with van der Waals surface area (Å²) in [7, 11) is 0. The van der Waals surface area contributed by atoms with Crippen LogP contribution in [-0.2, 0) is 0 Å². The predicted molar refractivity (Wildman–Crippen MR) is 99.5 cm³/mol. The Morgan fingerprint density at radius 1 is 1.08 bits per heavy atom. The second-order valence-electron chi connectivity index (χ2n) is 6.05. The van der Waals surface area contributed by atoms with Crippen molar-refractivity contribution in [3.8, 4) is 28.5 Å². The zero-order chi connectivity index (χ0) is 18.3. The summed E-state index contributed by atoms with van der Waals surface area (Å²) < 4.78 is 5.60. The molecule has 0 atom stereocenters. The van der Waals surface area contributed by atoms with Crippen LogP contribution in [0.25, 0.3) is 11.3 Å². The van der Waals surface area contributed by atoms with E-state index in [-0.39, 0.29) is 11.5 Å². The van der Waals surface area contributed by atoms with Gasteiger partial charge >= 0.3 is 0 Å². The first kappa shape index (κ1) is 16.5. The molecule has 7 heteroatoms. The van der Waals surface area contributed by atoms with Gasteiger partial charge in [0.2, 0.25) is 0 Å². The van der Waals surface area contributed by atoms with Crippen LogP contribution >= 0.6 is 11.6 Å². The van der Waals surface area contributed by atoms with E-state index >= 15 is 0 Å². The molecule has 26 heavy (non-hydrogen) atoms. The van der Waals surface area contributed by atoms with Gasteiger partial charge in [0.25, 0.3) is 0 Å². The number of anilines is 2. The van der Waals surface area contributed by atoms with Gasteiger partial charge in [0.05, 0.1) is 17.9 Å². The average molecular weight is 370 g/mol. The topological polar surface area (TPSA) is 78.7 Å². The lowest BCUT2D eigenvalue weighted by atomic mass is 10.0. The molecule has 2 N–H and O–H groups in total. The lowest BCUT2D eigenvalue weighted by Gasteiger charge is -2.30. The molecular formula is C19H16ClN3O3. The van der Waals surface area contributed by atoms with E-state index in [0.29, 0.717) is 41.0 Å². The van der Waals surface area contributed by atoms with Gasteiger partial charge in [-0.1, -0.05) is 11.6 Å². The molecule has 0 spiro atoms. The lowest BCUT2D eigenvalue weighted by Crippen LogP contribution is -2.29. The zero-order valence-electron chi connectivity index (χ0n) is 14.0. The molecular weight excluding hydrogens is 354 g/mol. The highest BCUT2D eigenvalue weighted by molar-refractivity contribution is 6.31. The van der Waals surface area contributed by atoms with Crippen LogP contribution in [0.15, 0.2) is 42.5 Å². The van der Waals surface area contributed by atoms with Crippen molar-refractivity contribution < 1.29 is 14.9 Å². The number of nitrogens with zero attached hydrogens (tertiary/aromatic N) is 3. The van der Waals surface area contributed by atoms with E-state index in [2.05, 4.69) is 10.2 Å². The van der Waals surface area contributed by atoms with Crippen molar-refractivity contribution in [1.29, 1.82) is 0 Å². The molecule has 1 aliphatic rings. The molecule has 0 aliphatic carbocycles. The number of ether oxygens (including phenoxy) is 1. The fraction of sp³-hybridized carbons (Fsp3) is 0.158. The van der Waals surface area contributed by atoms with E-state index < -0.39 is 0 Å². The third-order valence-corrected chi connectivity index (χ3v) is 4.49. The number of halogens is 1. The number of aryl methyl sites for hydroxylation is 1. The number of phenols is 2. The molecule has 0 radical (unpaired) electrons. The summed E-state index contributed by atoms with van der Waals surface area (Å²) in [6, 6.07) is 11.9. The molecule has 1 aliphatic heterocycles. The van der Waals surface area contributed by atoms with Crippen LogP contribution in [0, 0.1) is 6.92 Å². The lowest BCUT2D eigenvalue weighted by molar-refractivity contribution is 0.311. The Balaban J connectivity index is 1.70. The molecule has 0 bridgehead atoms. The van der Waals surface area contributed by atoms with Gasteiger partial charge in [-0.05, 0) is 48.9 Å². The predicted octanol–water partition coefficient (Wildman–Crippen LogP) is 4.05. The molecule has 4 rings (SSSR count). The maximum Gasteiger partial charge on any atom is 0.155 e. The summed E-state index contributed by atoms with van der Waals surface area (Å²) in [6.07, 6.45) is 0. The van der Waals surface area contributed by atoms with Crippen molar-refractivity contribution in [2.75, 3.05) is 18.1 Å². The van der Waals surface area contributed by atoms with Crippen molar-refractivity contribution in [2.45, 2.75) is 6.92 Å². The van der Waals surface area contributed by atoms with Crippen LogP contribution in [0.3, 0.4) is 0 Å². The number of phenolic OH excluding ortho intramolecular Hbond substituents is 2. The molecule has 1 aromatic heterocycles. The highest BCUT2D eigenvalue weighted by Gasteiger charge is 2.21. The number of aromatic hydroxyl groups is 2.